The summed E-state index contributed by atoms with van der Waals surface area (Å²) < 4.78 is 39.3. The number of carbonyl (C=O) groups is 1. The van der Waals surface area contributed by atoms with Crippen LogP contribution in [0.3, 0.4) is 0 Å². The number of aliphatic hydroxyl groups is 1. The summed E-state index contributed by atoms with van der Waals surface area (Å²) >= 11 is 0. The van der Waals surface area contributed by atoms with Crippen LogP contribution in [0, 0.1) is 11.6 Å². The molecule has 0 aliphatic carbocycles. The monoisotopic (exact) mass is 354 g/mol. The molecule has 0 saturated carbocycles. The Hall–Kier alpha value is -1.51. The maximum atomic E-state index is 14.3. The minimum absolute atomic E-state index is 0.130. The van der Waals surface area contributed by atoms with Gasteiger partial charge >= 0.3 is 7.48 Å². The van der Waals surface area contributed by atoms with Gasteiger partial charge in [-0.1, -0.05) is 0 Å². The molecule has 1 heterocycles. The van der Waals surface area contributed by atoms with Gasteiger partial charge in [0.1, 0.15) is 17.2 Å². The molecule has 1 saturated heterocycles. The fourth-order valence-electron chi connectivity index (χ4n) is 2.15. The fraction of sp³-hybridized carbons (Fsp3) is 0.588. The highest BCUT2D eigenvalue weighted by Crippen LogP contribution is 2.24. The second kappa shape index (κ2) is 7.39. The Labute approximate surface area is 147 Å². The lowest BCUT2D eigenvalue weighted by Crippen LogP contribution is -2.49. The predicted molar refractivity (Wildman–Crippen MR) is 89.9 cm³/mol. The van der Waals surface area contributed by atoms with Gasteiger partial charge in [-0.15, -0.1) is 0 Å². The Bertz CT molecular complexity index is 617. The van der Waals surface area contributed by atoms with Gasteiger partial charge in [0.05, 0.1) is 24.4 Å². The number of benzene rings is 1. The maximum absolute atomic E-state index is 14.3. The van der Waals surface area contributed by atoms with Gasteiger partial charge in [0.25, 0.3) is 5.91 Å². The number of carbonyl (C=O) groups excluding carboxylic acids is 1. The summed E-state index contributed by atoms with van der Waals surface area (Å²) in [5.74, 6) is -2.59. The number of rotatable bonds is 5. The van der Waals surface area contributed by atoms with Crippen LogP contribution in [-0.4, -0.2) is 60.9 Å². The summed E-state index contributed by atoms with van der Waals surface area (Å²) in [6.45, 7) is 7.77. The second-order valence-corrected chi connectivity index (χ2v) is 7.07. The molecule has 0 unspecified atom stereocenters. The minimum atomic E-state index is -1.16. The van der Waals surface area contributed by atoms with Crippen molar-refractivity contribution in [3.63, 3.8) is 0 Å². The first-order chi connectivity index (χ1) is 11.5. The second-order valence-electron chi connectivity index (χ2n) is 7.07. The zero-order valence-corrected chi connectivity index (χ0v) is 14.9. The van der Waals surface area contributed by atoms with E-state index in [1.807, 2.05) is 0 Å². The first-order valence-corrected chi connectivity index (χ1v) is 8.12. The van der Waals surface area contributed by atoms with E-state index in [9.17, 15) is 18.7 Å². The van der Waals surface area contributed by atoms with Crippen molar-refractivity contribution in [2.75, 3.05) is 26.3 Å². The molecule has 0 spiro atoms. The maximum Gasteiger partial charge on any atom is 0.331 e. The molecule has 1 aliphatic rings. The zero-order chi connectivity index (χ0) is 18.8. The summed E-state index contributed by atoms with van der Waals surface area (Å²) in [5, 5.41) is 10.0. The van der Waals surface area contributed by atoms with Crippen molar-refractivity contribution in [1.29, 1.82) is 0 Å². The Morgan fingerprint density at radius 2 is 1.72 bits per heavy atom. The molecule has 1 radical (unpaired) electrons. The van der Waals surface area contributed by atoms with E-state index in [-0.39, 0.29) is 5.46 Å². The van der Waals surface area contributed by atoms with Crippen LogP contribution in [0.25, 0.3) is 0 Å². The highest BCUT2D eigenvalue weighted by molar-refractivity contribution is 6.47. The summed E-state index contributed by atoms with van der Waals surface area (Å²) in [7, 11) is 1.17. The van der Waals surface area contributed by atoms with Gasteiger partial charge in [0, 0.05) is 13.1 Å². The number of nitrogens with zero attached hydrogens (tertiary/aromatic N) is 1. The third-order valence-corrected chi connectivity index (χ3v) is 4.54. The molecule has 1 aromatic carbocycles. The molecule has 2 rings (SSSR count). The Morgan fingerprint density at radius 1 is 1.20 bits per heavy atom. The molecule has 5 nitrogen and oxygen atoms in total. The Kier molecular flexibility index (Phi) is 5.86. The smallest absolute Gasteiger partial charge is 0.331 e. The molecule has 0 aromatic heterocycles. The molecule has 137 valence electrons. The molecule has 8 heteroatoms. The standard InChI is InChI=1S/C17H23BF2NO4/c1-16(2,23)17(3,4)25-18-11-9-12(19)14(13(20)10-11)15(22)21-5-7-24-8-6-21/h9-10,23H,5-8H2,1-4H3. The van der Waals surface area contributed by atoms with Crippen molar-refractivity contribution in [1.82, 2.24) is 4.90 Å². The fourth-order valence-corrected chi connectivity index (χ4v) is 2.15. The molecular formula is C17H23BF2NO4. The summed E-state index contributed by atoms with van der Waals surface area (Å²) in [4.78, 5) is 13.7. The number of halogens is 2. The van der Waals surface area contributed by atoms with E-state index in [4.69, 9.17) is 9.39 Å². The first kappa shape index (κ1) is 19.8. The molecule has 1 aromatic rings. The lowest BCUT2D eigenvalue weighted by atomic mass is 9.82. The van der Waals surface area contributed by atoms with E-state index in [1.54, 1.807) is 27.7 Å². The number of amides is 1. The van der Waals surface area contributed by atoms with Gasteiger partial charge in [-0.05, 0) is 45.3 Å². The van der Waals surface area contributed by atoms with Crippen LogP contribution in [0.2, 0.25) is 0 Å². The van der Waals surface area contributed by atoms with Gasteiger partial charge < -0.3 is 19.4 Å². The summed E-state index contributed by atoms with van der Waals surface area (Å²) in [5.41, 5.74) is -2.58. The van der Waals surface area contributed by atoms with Crippen LogP contribution in [-0.2, 0) is 9.39 Å². The molecule has 1 aliphatic heterocycles. The van der Waals surface area contributed by atoms with Crippen LogP contribution in [0.5, 0.6) is 0 Å². The van der Waals surface area contributed by atoms with Crippen LogP contribution in [0.15, 0.2) is 12.1 Å². The van der Waals surface area contributed by atoms with Crippen molar-refractivity contribution in [2.45, 2.75) is 38.9 Å². The normalized spacial score (nSPS) is 16.0. The van der Waals surface area contributed by atoms with E-state index >= 15 is 0 Å². The van der Waals surface area contributed by atoms with E-state index in [0.717, 1.165) is 12.1 Å². The van der Waals surface area contributed by atoms with Crippen LogP contribution in [0.1, 0.15) is 38.1 Å². The molecule has 0 bridgehead atoms. The Morgan fingerprint density at radius 3 is 2.20 bits per heavy atom. The number of morpholine rings is 1. The number of hydrogen-bond acceptors (Lipinski definition) is 4. The van der Waals surface area contributed by atoms with Gasteiger partial charge in [-0.2, -0.15) is 0 Å². The molecular weight excluding hydrogens is 331 g/mol. The molecule has 25 heavy (non-hydrogen) atoms. The Balaban J connectivity index is 2.15. The third-order valence-electron chi connectivity index (χ3n) is 4.54. The topological polar surface area (TPSA) is 59.0 Å². The molecule has 1 amide bonds. The molecule has 0 atom stereocenters. The summed E-state index contributed by atoms with van der Waals surface area (Å²) in [6.07, 6.45) is 0. The van der Waals surface area contributed by atoms with E-state index < -0.39 is 34.3 Å². The van der Waals surface area contributed by atoms with E-state index in [0.29, 0.717) is 26.3 Å². The van der Waals surface area contributed by atoms with Crippen molar-refractivity contribution < 1.29 is 28.1 Å². The summed E-state index contributed by atoms with van der Waals surface area (Å²) in [6, 6.07) is 2.08. The minimum Gasteiger partial charge on any atom is -0.427 e. The SMILES string of the molecule is CC(C)(O)C(C)(C)O[B]c1cc(F)c(C(=O)N2CCOCC2)c(F)c1. The average molecular weight is 354 g/mol. The number of hydrogen-bond donors (Lipinski definition) is 1. The van der Waals surface area contributed by atoms with Crippen LogP contribution in [0.4, 0.5) is 8.78 Å². The van der Waals surface area contributed by atoms with E-state index in [1.165, 1.54) is 12.4 Å². The predicted octanol–water partition coefficient (Wildman–Crippen LogP) is 1.25. The van der Waals surface area contributed by atoms with Crippen LogP contribution < -0.4 is 5.46 Å². The highest BCUT2D eigenvalue weighted by Gasteiger charge is 2.36. The van der Waals surface area contributed by atoms with Crippen molar-refractivity contribution in [2.24, 2.45) is 0 Å². The first-order valence-electron chi connectivity index (χ1n) is 8.12. The zero-order valence-electron chi connectivity index (χ0n) is 14.9. The van der Waals surface area contributed by atoms with Crippen molar-refractivity contribution >= 4 is 18.9 Å². The average Bonchev–Trinajstić information content (AvgIpc) is 2.52. The third kappa shape index (κ3) is 4.57. The highest BCUT2D eigenvalue weighted by atomic mass is 19.1. The van der Waals surface area contributed by atoms with Crippen molar-refractivity contribution in [3.05, 3.63) is 29.3 Å². The van der Waals surface area contributed by atoms with Gasteiger partial charge in [-0.3, -0.25) is 4.79 Å². The largest absolute Gasteiger partial charge is 0.427 e. The lowest BCUT2D eigenvalue weighted by Gasteiger charge is -2.37. The van der Waals surface area contributed by atoms with E-state index in [2.05, 4.69) is 0 Å². The molecule has 1 fully saturated rings. The van der Waals surface area contributed by atoms with Gasteiger partial charge in [0.15, 0.2) is 0 Å². The number of ether oxygens (including phenoxy) is 1. The van der Waals surface area contributed by atoms with Gasteiger partial charge in [0.2, 0.25) is 0 Å². The van der Waals surface area contributed by atoms with Gasteiger partial charge in [-0.25, -0.2) is 8.78 Å². The lowest BCUT2D eigenvalue weighted by molar-refractivity contribution is -0.0893. The molecule has 1 N–H and O–H groups in total. The van der Waals surface area contributed by atoms with Crippen molar-refractivity contribution in [3.8, 4) is 0 Å². The van der Waals surface area contributed by atoms with Crippen LogP contribution >= 0.6 is 0 Å². The quantitative estimate of drug-likeness (QED) is 0.809.